The average Bonchev–Trinajstić information content (AvgIpc) is 3.09. The first kappa shape index (κ1) is 19.6. The molecule has 2 aromatic rings. The molecule has 2 aromatic carbocycles. The maximum Gasteiger partial charge on any atom is 0.251 e. The molecule has 1 fully saturated rings. The lowest BCUT2D eigenvalue weighted by molar-refractivity contribution is 0.0936. The normalized spacial score (nSPS) is 19.0. The van der Waals surface area contributed by atoms with E-state index in [1.54, 1.807) is 24.3 Å². The Morgan fingerprint density at radius 2 is 1.81 bits per heavy atom. The number of nitrogens with one attached hydrogen (secondary N) is 1. The van der Waals surface area contributed by atoms with Crippen molar-refractivity contribution in [1.29, 1.82) is 0 Å². The highest BCUT2D eigenvalue weighted by Gasteiger charge is 2.27. The smallest absolute Gasteiger partial charge is 0.251 e. The van der Waals surface area contributed by atoms with Gasteiger partial charge in [-0.2, -0.15) is 0 Å². The summed E-state index contributed by atoms with van der Waals surface area (Å²) >= 11 is 0. The molecular formula is C21H26N2O3S. The van der Waals surface area contributed by atoms with Gasteiger partial charge in [0.1, 0.15) is 0 Å². The molecule has 1 aliphatic heterocycles. The molecule has 3 rings (SSSR count). The van der Waals surface area contributed by atoms with Crippen LogP contribution in [-0.4, -0.2) is 44.6 Å². The van der Waals surface area contributed by atoms with Crippen LogP contribution < -0.4 is 5.32 Å². The summed E-state index contributed by atoms with van der Waals surface area (Å²) in [5.41, 5.74) is 2.53. The van der Waals surface area contributed by atoms with E-state index in [1.165, 1.54) is 11.8 Å². The van der Waals surface area contributed by atoms with E-state index in [4.69, 9.17) is 0 Å². The fraction of sp³-hybridized carbons (Fsp3) is 0.381. The first-order chi connectivity index (χ1) is 12.8. The van der Waals surface area contributed by atoms with Gasteiger partial charge in [-0.15, -0.1) is 0 Å². The van der Waals surface area contributed by atoms with Crippen LogP contribution in [-0.2, 0) is 15.6 Å². The van der Waals surface area contributed by atoms with Crippen LogP contribution in [0, 0.1) is 0 Å². The van der Waals surface area contributed by atoms with Crippen LogP contribution >= 0.6 is 0 Å². The summed E-state index contributed by atoms with van der Waals surface area (Å²) in [6.45, 7) is 3.97. The third-order valence-electron chi connectivity index (χ3n) is 5.03. The molecular weight excluding hydrogens is 360 g/mol. The number of likely N-dealkylation sites (tertiary alicyclic amines) is 1. The lowest BCUT2D eigenvalue weighted by atomic mass is 10.1. The topological polar surface area (TPSA) is 66.5 Å². The van der Waals surface area contributed by atoms with E-state index in [-0.39, 0.29) is 17.7 Å². The zero-order valence-electron chi connectivity index (χ0n) is 15.8. The number of sulfone groups is 1. The van der Waals surface area contributed by atoms with E-state index in [0.29, 0.717) is 17.2 Å². The van der Waals surface area contributed by atoms with Crippen molar-refractivity contribution in [3.8, 4) is 0 Å². The molecule has 0 unspecified atom stereocenters. The summed E-state index contributed by atoms with van der Waals surface area (Å²) in [5.74, 6) is -0.121. The maximum atomic E-state index is 12.5. The van der Waals surface area contributed by atoms with Crippen LogP contribution in [0.4, 0.5) is 0 Å². The zero-order chi connectivity index (χ0) is 19.4. The fourth-order valence-corrected chi connectivity index (χ4v) is 4.32. The van der Waals surface area contributed by atoms with Gasteiger partial charge >= 0.3 is 0 Å². The summed E-state index contributed by atoms with van der Waals surface area (Å²) in [7, 11) is -3.07. The van der Waals surface area contributed by atoms with Crippen molar-refractivity contribution in [3.05, 3.63) is 71.3 Å². The molecule has 0 bridgehead atoms. The van der Waals surface area contributed by atoms with Crippen molar-refractivity contribution in [3.63, 3.8) is 0 Å². The predicted molar refractivity (Wildman–Crippen MR) is 107 cm³/mol. The van der Waals surface area contributed by atoms with Gasteiger partial charge in [-0.1, -0.05) is 42.5 Å². The van der Waals surface area contributed by atoms with Gasteiger partial charge in [0.05, 0.1) is 5.75 Å². The third-order valence-corrected chi connectivity index (χ3v) is 5.89. The summed E-state index contributed by atoms with van der Waals surface area (Å²) in [4.78, 5) is 14.9. The molecule has 2 atom stereocenters. The van der Waals surface area contributed by atoms with Crippen LogP contribution in [0.1, 0.15) is 40.9 Å². The van der Waals surface area contributed by atoms with Crippen molar-refractivity contribution < 1.29 is 13.2 Å². The van der Waals surface area contributed by atoms with Gasteiger partial charge in [0.15, 0.2) is 9.84 Å². The van der Waals surface area contributed by atoms with Gasteiger partial charge in [0.2, 0.25) is 0 Å². The number of rotatable bonds is 6. The van der Waals surface area contributed by atoms with Gasteiger partial charge in [0, 0.05) is 37.0 Å². The minimum atomic E-state index is -3.07. The third kappa shape index (κ3) is 5.40. The van der Waals surface area contributed by atoms with Crippen molar-refractivity contribution in [2.24, 2.45) is 0 Å². The van der Waals surface area contributed by atoms with Gasteiger partial charge in [0.25, 0.3) is 5.91 Å². The molecule has 1 aliphatic rings. The van der Waals surface area contributed by atoms with E-state index in [2.05, 4.69) is 41.4 Å². The number of nitrogens with zero attached hydrogens (tertiary/aromatic N) is 1. The van der Waals surface area contributed by atoms with Crippen LogP contribution in [0.5, 0.6) is 0 Å². The highest BCUT2D eigenvalue weighted by atomic mass is 32.2. The maximum absolute atomic E-state index is 12.5. The first-order valence-electron chi connectivity index (χ1n) is 9.18. The Morgan fingerprint density at radius 3 is 2.44 bits per heavy atom. The summed E-state index contributed by atoms with van der Waals surface area (Å²) < 4.78 is 22.7. The minimum Gasteiger partial charge on any atom is -0.348 e. The number of carbonyl (C=O) groups is 1. The van der Waals surface area contributed by atoms with Gasteiger partial charge < -0.3 is 5.32 Å². The van der Waals surface area contributed by atoms with Gasteiger partial charge in [-0.3, -0.25) is 9.69 Å². The lowest BCUT2D eigenvalue weighted by Crippen LogP contribution is -2.37. The van der Waals surface area contributed by atoms with Crippen molar-refractivity contribution >= 4 is 15.7 Å². The number of amides is 1. The predicted octanol–water partition coefficient (Wildman–Crippen LogP) is 2.80. The SMILES string of the molecule is C[C@@H](c1ccccc1)N1CC[C@H](NC(=O)c2ccc(CS(C)(=O)=O)cc2)C1. The second kappa shape index (κ2) is 8.23. The molecule has 27 heavy (non-hydrogen) atoms. The van der Waals surface area contributed by atoms with Crippen LogP contribution in [0.3, 0.4) is 0 Å². The number of benzene rings is 2. The van der Waals surface area contributed by atoms with E-state index in [1.807, 2.05) is 6.07 Å². The molecule has 1 amide bonds. The molecule has 144 valence electrons. The Morgan fingerprint density at radius 1 is 1.15 bits per heavy atom. The Balaban J connectivity index is 1.56. The Labute approximate surface area is 161 Å². The highest BCUT2D eigenvalue weighted by Crippen LogP contribution is 2.24. The second-order valence-electron chi connectivity index (χ2n) is 7.31. The summed E-state index contributed by atoms with van der Waals surface area (Å²) in [6.07, 6.45) is 2.13. The molecule has 1 heterocycles. The Kier molecular flexibility index (Phi) is 5.97. The van der Waals surface area contributed by atoms with E-state index in [0.717, 1.165) is 19.5 Å². The standard InChI is InChI=1S/C21H26N2O3S/c1-16(18-6-4-3-5-7-18)23-13-12-20(14-23)22-21(24)19-10-8-17(9-11-19)15-27(2,25)26/h3-11,16,20H,12-15H2,1-2H3,(H,22,24)/t16-,20-/m0/s1. The fourth-order valence-electron chi connectivity index (χ4n) is 3.52. The molecule has 1 saturated heterocycles. The molecule has 0 spiro atoms. The van der Waals surface area contributed by atoms with Crippen LogP contribution in [0.15, 0.2) is 54.6 Å². The monoisotopic (exact) mass is 386 g/mol. The highest BCUT2D eigenvalue weighted by molar-refractivity contribution is 7.89. The largest absolute Gasteiger partial charge is 0.348 e. The average molecular weight is 387 g/mol. The second-order valence-corrected chi connectivity index (χ2v) is 9.45. The zero-order valence-corrected chi connectivity index (χ0v) is 16.6. The molecule has 6 heteroatoms. The molecule has 0 aromatic heterocycles. The van der Waals surface area contributed by atoms with Crippen molar-refractivity contribution in [2.75, 3.05) is 19.3 Å². The first-order valence-corrected chi connectivity index (χ1v) is 11.2. The van der Waals surface area contributed by atoms with E-state index < -0.39 is 9.84 Å². The van der Waals surface area contributed by atoms with Gasteiger partial charge in [-0.25, -0.2) is 8.42 Å². The minimum absolute atomic E-state index is 0.0101. The Hall–Kier alpha value is -2.18. The van der Waals surface area contributed by atoms with E-state index in [9.17, 15) is 13.2 Å². The molecule has 0 aliphatic carbocycles. The summed E-state index contributed by atoms with van der Waals surface area (Å²) in [6, 6.07) is 17.6. The quantitative estimate of drug-likeness (QED) is 0.829. The summed E-state index contributed by atoms with van der Waals surface area (Å²) in [5, 5.41) is 3.10. The number of hydrogen-bond acceptors (Lipinski definition) is 4. The molecule has 0 radical (unpaired) electrons. The van der Waals surface area contributed by atoms with Crippen molar-refractivity contribution in [2.45, 2.75) is 31.2 Å². The molecule has 5 nitrogen and oxygen atoms in total. The van der Waals surface area contributed by atoms with Crippen molar-refractivity contribution in [1.82, 2.24) is 10.2 Å². The number of carbonyl (C=O) groups excluding carboxylic acids is 1. The Bertz CT molecular complexity index is 879. The van der Waals surface area contributed by atoms with E-state index >= 15 is 0 Å². The lowest BCUT2D eigenvalue weighted by Gasteiger charge is -2.24. The van der Waals surface area contributed by atoms with Gasteiger partial charge in [-0.05, 0) is 36.6 Å². The van der Waals surface area contributed by atoms with Crippen LogP contribution in [0.25, 0.3) is 0 Å². The number of hydrogen-bond donors (Lipinski definition) is 1. The molecule has 0 saturated carbocycles. The molecule has 1 N–H and O–H groups in total. The van der Waals surface area contributed by atoms with Crippen LogP contribution in [0.2, 0.25) is 0 Å².